The molecule has 6 heteroatoms. The maximum Gasteiger partial charge on any atom is 0.377 e. The third-order valence-corrected chi connectivity index (χ3v) is 4.15. The highest BCUT2D eigenvalue weighted by molar-refractivity contribution is 6.39. The molecule has 0 spiro atoms. The molecule has 1 aromatic rings. The molecule has 0 atom stereocenters. The minimum absolute atomic E-state index is 0.0776. The Kier molecular flexibility index (Phi) is 6.78. The van der Waals surface area contributed by atoms with Crippen LogP contribution in [0.2, 0.25) is 0 Å². The summed E-state index contributed by atoms with van der Waals surface area (Å²) >= 11 is 0. The molecule has 1 saturated carbocycles. The zero-order chi connectivity index (χ0) is 17.4. The number of rotatable bonds is 6. The molecule has 0 saturated heterocycles. The van der Waals surface area contributed by atoms with E-state index in [1.165, 1.54) is 43.5 Å². The second-order valence-corrected chi connectivity index (χ2v) is 6.06. The number of benzene rings is 1. The van der Waals surface area contributed by atoms with Crippen molar-refractivity contribution in [1.82, 2.24) is 5.32 Å². The predicted molar refractivity (Wildman–Crippen MR) is 88.2 cm³/mol. The molecule has 0 heterocycles. The van der Waals surface area contributed by atoms with E-state index in [2.05, 4.69) is 5.32 Å². The molecule has 0 aliphatic heterocycles. The molecule has 24 heavy (non-hydrogen) atoms. The smallest absolute Gasteiger partial charge is 0.377 e. The Balaban J connectivity index is 1.78. The van der Waals surface area contributed by atoms with Crippen LogP contribution in [0.25, 0.3) is 0 Å². The maximum atomic E-state index is 12.0. The van der Waals surface area contributed by atoms with Gasteiger partial charge in [-0.15, -0.1) is 0 Å². The average Bonchev–Trinajstić information content (AvgIpc) is 2.55. The van der Waals surface area contributed by atoms with Crippen molar-refractivity contribution in [3.63, 3.8) is 0 Å². The summed E-state index contributed by atoms with van der Waals surface area (Å²) in [6.07, 6.45) is 8.05. The second kappa shape index (κ2) is 9.05. The summed E-state index contributed by atoms with van der Waals surface area (Å²) in [6.45, 7) is -0.0945. The van der Waals surface area contributed by atoms with Crippen molar-refractivity contribution in [3.05, 3.63) is 29.8 Å². The standard InChI is InChI=1S/C18H23NO5/c20-16(19-14-6-4-2-1-3-5-7-14)12-24-15-10-8-13(9-11-15)17(21)18(22)23/h8-11,14H,1-7,12H2,(H,19,20)(H,22,23). The number of Topliss-reactive ketones (excluding diaryl/α,β-unsaturated/α-hetero) is 1. The zero-order valence-electron chi connectivity index (χ0n) is 13.6. The highest BCUT2D eigenvalue weighted by Crippen LogP contribution is 2.17. The largest absolute Gasteiger partial charge is 0.484 e. The van der Waals surface area contributed by atoms with Gasteiger partial charge < -0.3 is 15.2 Å². The minimum Gasteiger partial charge on any atom is -0.484 e. The highest BCUT2D eigenvalue weighted by atomic mass is 16.5. The predicted octanol–water partition coefficient (Wildman–Crippen LogP) is 2.56. The van der Waals surface area contributed by atoms with Crippen LogP contribution in [0, 0.1) is 0 Å². The third kappa shape index (κ3) is 5.68. The Morgan fingerprint density at radius 1 is 1.00 bits per heavy atom. The SMILES string of the molecule is O=C(COc1ccc(C(=O)C(=O)O)cc1)NC1CCCCCCC1. The van der Waals surface area contributed by atoms with Gasteiger partial charge in [-0.3, -0.25) is 9.59 Å². The first-order valence-corrected chi connectivity index (χ1v) is 8.36. The van der Waals surface area contributed by atoms with Gasteiger partial charge in [0.05, 0.1) is 0 Å². The summed E-state index contributed by atoms with van der Waals surface area (Å²) in [6, 6.07) is 5.94. The molecular weight excluding hydrogens is 310 g/mol. The zero-order valence-corrected chi connectivity index (χ0v) is 13.6. The lowest BCUT2D eigenvalue weighted by molar-refractivity contribution is -0.131. The van der Waals surface area contributed by atoms with Crippen molar-refractivity contribution >= 4 is 17.7 Å². The monoisotopic (exact) mass is 333 g/mol. The topological polar surface area (TPSA) is 92.7 Å². The van der Waals surface area contributed by atoms with E-state index >= 15 is 0 Å². The van der Waals surface area contributed by atoms with E-state index in [9.17, 15) is 14.4 Å². The van der Waals surface area contributed by atoms with E-state index in [-0.39, 0.29) is 24.1 Å². The highest BCUT2D eigenvalue weighted by Gasteiger charge is 2.15. The number of carboxylic acids is 1. The minimum atomic E-state index is -1.50. The molecule has 2 rings (SSSR count). The number of aliphatic carboxylic acids is 1. The van der Waals surface area contributed by atoms with Gasteiger partial charge in [0.25, 0.3) is 11.7 Å². The summed E-state index contributed by atoms with van der Waals surface area (Å²) in [7, 11) is 0. The summed E-state index contributed by atoms with van der Waals surface area (Å²) in [5.41, 5.74) is 0.0776. The molecule has 1 aromatic carbocycles. The number of ketones is 1. The number of amides is 1. The lowest BCUT2D eigenvalue weighted by Crippen LogP contribution is -2.38. The van der Waals surface area contributed by atoms with Gasteiger partial charge in [-0.05, 0) is 37.1 Å². The number of carboxylic acid groups (broad SMARTS) is 1. The van der Waals surface area contributed by atoms with Crippen molar-refractivity contribution in [1.29, 1.82) is 0 Å². The first kappa shape index (κ1) is 18.0. The number of ether oxygens (including phenoxy) is 1. The fourth-order valence-corrected chi connectivity index (χ4v) is 2.84. The Morgan fingerprint density at radius 2 is 1.58 bits per heavy atom. The molecule has 1 aliphatic rings. The van der Waals surface area contributed by atoms with Crippen molar-refractivity contribution in [2.75, 3.05) is 6.61 Å². The van der Waals surface area contributed by atoms with Crippen LogP contribution in [-0.4, -0.2) is 35.4 Å². The van der Waals surface area contributed by atoms with Crippen LogP contribution in [0.1, 0.15) is 55.3 Å². The van der Waals surface area contributed by atoms with Crippen molar-refractivity contribution in [2.45, 2.75) is 51.0 Å². The van der Waals surface area contributed by atoms with Crippen molar-refractivity contribution < 1.29 is 24.2 Å². The lowest BCUT2D eigenvalue weighted by Gasteiger charge is -2.21. The van der Waals surface area contributed by atoms with Crippen molar-refractivity contribution in [3.8, 4) is 5.75 Å². The number of carbonyl (C=O) groups is 3. The fourth-order valence-electron chi connectivity index (χ4n) is 2.84. The van der Waals surface area contributed by atoms with E-state index in [4.69, 9.17) is 9.84 Å². The number of carbonyl (C=O) groups excluding carboxylic acids is 2. The summed E-state index contributed by atoms with van der Waals surface area (Å²) < 4.78 is 5.39. The van der Waals surface area contributed by atoms with Gasteiger partial charge in [-0.2, -0.15) is 0 Å². The van der Waals surface area contributed by atoms with Crippen LogP contribution < -0.4 is 10.1 Å². The molecule has 1 aliphatic carbocycles. The molecular formula is C18H23NO5. The van der Waals surface area contributed by atoms with Gasteiger partial charge in [0.15, 0.2) is 6.61 Å². The molecule has 0 unspecified atom stereocenters. The van der Waals surface area contributed by atoms with E-state index < -0.39 is 11.8 Å². The molecule has 1 fully saturated rings. The van der Waals surface area contributed by atoms with Crippen LogP contribution in [0.5, 0.6) is 5.75 Å². The van der Waals surface area contributed by atoms with E-state index in [1.807, 2.05) is 0 Å². The molecule has 6 nitrogen and oxygen atoms in total. The molecule has 2 N–H and O–H groups in total. The Hall–Kier alpha value is -2.37. The maximum absolute atomic E-state index is 12.0. The summed E-state index contributed by atoms with van der Waals surface area (Å²) in [5, 5.41) is 11.6. The van der Waals surface area contributed by atoms with Crippen LogP contribution >= 0.6 is 0 Å². The van der Waals surface area contributed by atoms with Crippen LogP contribution in [-0.2, 0) is 9.59 Å². The molecule has 0 aromatic heterocycles. The number of nitrogens with one attached hydrogen (secondary N) is 1. The van der Waals surface area contributed by atoms with E-state index in [1.54, 1.807) is 0 Å². The lowest BCUT2D eigenvalue weighted by atomic mass is 9.97. The van der Waals surface area contributed by atoms with Gasteiger partial charge in [-0.1, -0.05) is 32.1 Å². The molecule has 0 radical (unpaired) electrons. The number of hydrogen-bond donors (Lipinski definition) is 2. The third-order valence-electron chi connectivity index (χ3n) is 4.15. The van der Waals surface area contributed by atoms with E-state index in [0.29, 0.717) is 5.75 Å². The normalized spacial score (nSPS) is 15.8. The van der Waals surface area contributed by atoms with Crippen LogP contribution in [0.4, 0.5) is 0 Å². The van der Waals surface area contributed by atoms with Crippen LogP contribution in [0.3, 0.4) is 0 Å². The van der Waals surface area contributed by atoms with Gasteiger partial charge in [0, 0.05) is 11.6 Å². The van der Waals surface area contributed by atoms with Gasteiger partial charge in [-0.25, -0.2) is 4.79 Å². The Morgan fingerprint density at radius 3 is 2.17 bits per heavy atom. The molecule has 1 amide bonds. The summed E-state index contributed by atoms with van der Waals surface area (Å²) in [5.74, 6) is -2.21. The van der Waals surface area contributed by atoms with Gasteiger partial charge in [0.1, 0.15) is 5.75 Å². The fraction of sp³-hybridized carbons (Fsp3) is 0.500. The molecule has 130 valence electrons. The molecule has 0 bridgehead atoms. The van der Waals surface area contributed by atoms with E-state index in [0.717, 1.165) is 25.7 Å². The summed E-state index contributed by atoms with van der Waals surface area (Å²) in [4.78, 5) is 33.9. The number of hydrogen-bond acceptors (Lipinski definition) is 4. The van der Waals surface area contributed by atoms with Crippen molar-refractivity contribution in [2.24, 2.45) is 0 Å². The first-order chi connectivity index (χ1) is 11.6. The quantitative estimate of drug-likeness (QED) is 0.616. The second-order valence-electron chi connectivity index (χ2n) is 6.06. The first-order valence-electron chi connectivity index (χ1n) is 8.36. The Labute approximate surface area is 141 Å². The average molecular weight is 333 g/mol. The van der Waals surface area contributed by atoms with Gasteiger partial charge >= 0.3 is 5.97 Å². The van der Waals surface area contributed by atoms with Crippen LogP contribution in [0.15, 0.2) is 24.3 Å². The Bertz CT molecular complexity index is 574. The van der Waals surface area contributed by atoms with Gasteiger partial charge in [0.2, 0.25) is 0 Å².